The lowest BCUT2D eigenvalue weighted by Crippen LogP contribution is -2.22. The van der Waals surface area contributed by atoms with Gasteiger partial charge in [0, 0.05) is 5.69 Å². The van der Waals surface area contributed by atoms with Crippen molar-refractivity contribution in [1.29, 1.82) is 0 Å². The number of hydrogen-bond acceptors (Lipinski definition) is 6. The van der Waals surface area contributed by atoms with Gasteiger partial charge in [-0.1, -0.05) is 24.3 Å². The van der Waals surface area contributed by atoms with Gasteiger partial charge in [-0.15, -0.1) is 15.3 Å². The minimum atomic E-state index is -0.167. The lowest BCUT2D eigenvalue weighted by Gasteiger charge is -2.09. The molecule has 0 aliphatic rings. The van der Waals surface area contributed by atoms with Crippen molar-refractivity contribution in [3.05, 3.63) is 67.0 Å². The van der Waals surface area contributed by atoms with Crippen LogP contribution in [-0.4, -0.2) is 39.4 Å². The monoisotopic (exact) mass is 374 g/mol. The van der Waals surface area contributed by atoms with E-state index in [2.05, 4.69) is 25.9 Å². The Morgan fingerprint density at radius 3 is 2.75 bits per heavy atom. The molecule has 0 spiro atoms. The van der Waals surface area contributed by atoms with Gasteiger partial charge in [0.25, 0.3) is 0 Å². The van der Waals surface area contributed by atoms with Crippen LogP contribution in [0.3, 0.4) is 0 Å². The van der Waals surface area contributed by atoms with Crippen LogP contribution in [0.25, 0.3) is 16.8 Å². The smallest absolute Gasteiger partial charge is 0.243 e. The maximum absolute atomic E-state index is 12.2. The van der Waals surface area contributed by atoms with Crippen molar-refractivity contribution in [3.8, 4) is 16.9 Å². The molecule has 4 rings (SSSR count). The summed E-state index contributed by atoms with van der Waals surface area (Å²) in [5.41, 5.74) is 3.46. The molecule has 2 aromatic carbocycles. The third-order valence-corrected chi connectivity index (χ3v) is 4.16. The Morgan fingerprint density at radius 1 is 1.07 bits per heavy atom. The molecule has 0 aliphatic heterocycles. The minimum absolute atomic E-state index is 0.0955. The number of methoxy groups -OCH3 is 1. The number of nitrogens with one attached hydrogen (secondary N) is 2. The summed E-state index contributed by atoms with van der Waals surface area (Å²) in [6.07, 6.45) is 1.50. The van der Waals surface area contributed by atoms with E-state index in [0.717, 1.165) is 22.6 Å². The van der Waals surface area contributed by atoms with E-state index in [1.54, 1.807) is 19.2 Å². The van der Waals surface area contributed by atoms with Gasteiger partial charge in [0.05, 0.1) is 13.7 Å². The first-order valence-corrected chi connectivity index (χ1v) is 8.66. The summed E-state index contributed by atoms with van der Waals surface area (Å²) in [6.45, 7) is 0.0955. The first-order chi connectivity index (χ1) is 13.7. The van der Waals surface area contributed by atoms with Crippen LogP contribution >= 0.6 is 0 Å². The Bertz CT molecular complexity index is 1110. The van der Waals surface area contributed by atoms with Crippen LogP contribution in [0.15, 0.2) is 67.0 Å². The average molecular weight is 374 g/mol. The second kappa shape index (κ2) is 7.75. The van der Waals surface area contributed by atoms with Gasteiger partial charge in [0.2, 0.25) is 5.91 Å². The lowest BCUT2D eigenvalue weighted by molar-refractivity contribution is -0.114. The van der Waals surface area contributed by atoms with E-state index in [0.29, 0.717) is 11.5 Å². The Hall–Kier alpha value is -3.94. The van der Waals surface area contributed by atoms with Crippen molar-refractivity contribution < 1.29 is 9.53 Å². The molecule has 8 nitrogen and oxygen atoms in total. The first-order valence-electron chi connectivity index (χ1n) is 8.66. The number of benzene rings is 2. The number of carbonyl (C=O) groups is 1. The maximum atomic E-state index is 12.2. The summed E-state index contributed by atoms with van der Waals surface area (Å²) in [7, 11) is 1.64. The number of aromatic nitrogens is 4. The van der Waals surface area contributed by atoms with Crippen LogP contribution in [0.1, 0.15) is 0 Å². The molecule has 0 unspecified atom stereocenters. The molecule has 0 atom stereocenters. The van der Waals surface area contributed by atoms with Crippen LogP contribution in [-0.2, 0) is 4.79 Å². The highest BCUT2D eigenvalue weighted by atomic mass is 16.5. The fraction of sp³-hybridized carbons (Fsp3) is 0.100. The predicted octanol–water partition coefficient (Wildman–Crippen LogP) is 2.85. The van der Waals surface area contributed by atoms with Gasteiger partial charge in [0.1, 0.15) is 17.9 Å². The van der Waals surface area contributed by atoms with E-state index in [1.165, 1.54) is 10.8 Å². The van der Waals surface area contributed by atoms with Crippen molar-refractivity contribution in [3.63, 3.8) is 0 Å². The first kappa shape index (κ1) is 17.5. The van der Waals surface area contributed by atoms with Crippen molar-refractivity contribution in [1.82, 2.24) is 19.8 Å². The van der Waals surface area contributed by atoms with Crippen LogP contribution in [0.4, 0.5) is 11.5 Å². The third-order valence-electron chi connectivity index (χ3n) is 4.16. The number of rotatable bonds is 6. The van der Waals surface area contributed by atoms with Gasteiger partial charge in [0.15, 0.2) is 5.65 Å². The van der Waals surface area contributed by atoms with Gasteiger partial charge in [-0.3, -0.25) is 4.79 Å². The fourth-order valence-electron chi connectivity index (χ4n) is 2.75. The topological polar surface area (TPSA) is 93.4 Å². The summed E-state index contributed by atoms with van der Waals surface area (Å²) in [6, 6.07) is 19.0. The highest BCUT2D eigenvalue weighted by molar-refractivity contribution is 5.93. The molecule has 0 aliphatic carbocycles. The van der Waals surface area contributed by atoms with Gasteiger partial charge in [-0.05, 0) is 47.5 Å². The zero-order chi connectivity index (χ0) is 19.3. The SMILES string of the molecule is COc1cccc(-c2ccc(NC(=O)CNc3ccc4nncn4n3)cc2)c1. The summed E-state index contributed by atoms with van der Waals surface area (Å²) in [5, 5.41) is 17.8. The zero-order valence-corrected chi connectivity index (χ0v) is 15.2. The second-order valence-corrected chi connectivity index (χ2v) is 6.06. The number of ether oxygens (including phenoxy) is 1. The van der Waals surface area contributed by atoms with Gasteiger partial charge >= 0.3 is 0 Å². The number of amides is 1. The van der Waals surface area contributed by atoms with Crippen molar-refractivity contribution in [2.24, 2.45) is 0 Å². The maximum Gasteiger partial charge on any atom is 0.243 e. The van der Waals surface area contributed by atoms with E-state index < -0.39 is 0 Å². The molecular weight excluding hydrogens is 356 g/mol. The standard InChI is InChI=1S/C20H18N6O2/c1-28-17-4-2-3-15(11-17)14-5-7-16(8-6-14)23-20(27)12-21-18-9-10-19-24-22-13-26(19)25-18/h2-11,13H,12H2,1H3,(H,21,25)(H,23,27). The zero-order valence-electron chi connectivity index (χ0n) is 15.2. The molecule has 2 heterocycles. The molecule has 28 heavy (non-hydrogen) atoms. The molecule has 0 saturated heterocycles. The Kier molecular flexibility index (Phi) is 4.83. The molecule has 1 amide bonds. The molecule has 0 saturated carbocycles. The number of fused-ring (bicyclic) bond motifs is 1. The lowest BCUT2D eigenvalue weighted by atomic mass is 10.1. The summed E-state index contributed by atoms with van der Waals surface area (Å²) in [4.78, 5) is 12.2. The van der Waals surface area contributed by atoms with E-state index >= 15 is 0 Å². The van der Waals surface area contributed by atoms with Crippen LogP contribution < -0.4 is 15.4 Å². The fourth-order valence-corrected chi connectivity index (χ4v) is 2.75. The highest BCUT2D eigenvalue weighted by Gasteiger charge is 2.05. The third kappa shape index (κ3) is 3.90. The van der Waals surface area contributed by atoms with Gasteiger partial charge < -0.3 is 15.4 Å². The van der Waals surface area contributed by atoms with Crippen molar-refractivity contribution in [2.75, 3.05) is 24.3 Å². The average Bonchev–Trinajstić information content (AvgIpc) is 3.21. The van der Waals surface area contributed by atoms with E-state index in [-0.39, 0.29) is 12.5 Å². The minimum Gasteiger partial charge on any atom is -0.497 e. The summed E-state index contributed by atoms with van der Waals surface area (Å²) < 4.78 is 6.80. The van der Waals surface area contributed by atoms with Crippen molar-refractivity contribution >= 4 is 23.1 Å². The molecule has 0 fully saturated rings. The highest BCUT2D eigenvalue weighted by Crippen LogP contribution is 2.25. The quantitative estimate of drug-likeness (QED) is 0.539. The molecule has 2 N–H and O–H groups in total. The van der Waals surface area contributed by atoms with E-state index in [1.807, 2.05) is 48.5 Å². The summed E-state index contributed by atoms with van der Waals surface area (Å²) >= 11 is 0. The Morgan fingerprint density at radius 2 is 1.93 bits per heavy atom. The van der Waals surface area contributed by atoms with Crippen LogP contribution in [0.2, 0.25) is 0 Å². The molecule has 2 aromatic heterocycles. The molecule has 140 valence electrons. The van der Waals surface area contributed by atoms with Gasteiger partial charge in [-0.2, -0.15) is 4.52 Å². The number of hydrogen-bond donors (Lipinski definition) is 2. The Balaban J connectivity index is 1.36. The second-order valence-electron chi connectivity index (χ2n) is 6.06. The largest absolute Gasteiger partial charge is 0.497 e. The molecule has 0 radical (unpaired) electrons. The van der Waals surface area contributed by atoms with E-state index in [9.17, 15) is 4.79 Å². The van der Waals surface area contributed by atoms with E-state index in [4.69, 9.17) is 4.74 Å². The Labute approximate surface area is 161 Å². The molecule has 8 heteroatoms. The number of carbonyl (C=O) groups excluding carboxylic acids is 1. The van der Waals surface area contributed by atoms with Gasteiger partial charge in [-0.25, -0.2) is 0 Å². The normalized spacial score (nSPS) is 10.6. The molecule has 0 bridgehead atoms. The van der Waals surface area contributed by atoms with Crippen LogP contribution in [0, 0.1) is 0 Å². The number of anilines is 2. The summed E-state index contributed by atoms with van der Waals surface area (Å²) in [5.74, 6) is 1.20. The van der Waals surface area contributed by atoms with Crippen molar-refractivity contribution in [2.45, 2.75) is 0 Å². The predicted molar refractivity (Wildman–Crippen MR) is 106 cm³/mol. The molecule has 4 aromatic rings. The van der Waals surface area contributed by atoms with Crippen LogP contribution in [0.5, 0.6) is 5.75 Å². The molecular formula is C20H18N6O2. The number of nitrogens with zero attached hydrogens (tertiary/aromatic N) is 4.